The predicted octanol–water partition coefficient (Wildman–Crippen LogP) is 5.33. The molecule has 1 unspecified atom stereocenters. The first-order valence-corrected chi connectivity index (χ1v) is 11.2. The fourth-order valence-electron chi connectivity index (χ4n) is 3.24. The molecule has 3 rings (SSSR count). The van der Waals surface area contributed by atoms with Gasteiger partial charge in [-0.3, -0.25) is 9.59 Å². The van der Waals surface area contributed by atoms with Crippen molar-refractivity contribution < 1.29 is 23.6 Å². The number of methoxy groups -OCH3 is 2. The predicted molar refractivity (Wildman–Crippen MR) is 118 cm³/mol. The van der Waals surface area contributed by atoms with E-state index in [-0.39, 0.29) is 33.0 Å². The average Bonchev–Trinajstić information content (AvgIpc) is 2.77. The Morgan fingerprint density at radius 2 is 1.30 bits per heavy atom. The zero-order valence-corrected chi connectivity index (χ0v) is 18.4. The molecule has 0 heterocycles. The molecule has 154 valence electrons. The fraction of sp³-hybridized carbons (Fsp3) is 0.130. The van der Waals surface area contributed by atoms with Gasteiger partial charge in [0.2, 0.25) is 18.2 Å². The normalized spacial score (nSPS) is 12.7. The Bertz CT molecular complexity index is 1120. The van der Waals surface area contributed by atoms with Crippen molar-refractivity contribution in [3.8, 4) is 11.5 Å². The van der Waals surface area contributed by atoms with Gasteiger partial charge in [0.25, 0.3) is 0 Å². The Hall–Kier alpha value is -2.88. The van der Waals surface area contributed by atoms with Gasteiger partial charge < -0.3 is 14.0 Å². The summed E-state index contributed by atoms with van der Waals surface area (Å²) in [6, 6.07) is 17.6. The maximum absolute atomic E-state index is 14.4. The molecule has 0 spiro atoms. The number of carbonyl (C=O) groups is 2. The molecule has 0 aliphatic carbocycles. The summed E-state index contributed by atoms with van der Waals surface area (Å²) in [7, 11) is -1.58. The molecule has 1 atom stereocenters. The topological polar surface area (TPSA) is 69.7 Å². The van der Waals surface area contributed by atoms with E-state index in [1.807, 2.05) is 0 Å². The molecule has 0 amide bonds. The molecule has 5 nitrogen and oxygen atoms in total. The van der Waals surface area contributed by atoms with E-state index in [4.69, 9.17) is 21.1 Å². The first-order valence-electron chi connectivity index (χ1n) is 9.07. The van der Waals surface area contributed by atoms with Gasteiger partial charge in [-0.1, -0.05) is 60.1 Å². The number of aryl methyl sites for hydroxylation is 1. The van der Waals surface area contributed by atoms with Crippen LogP contribution >= 0.6 is 18.7 Å². The van der Waals surface area contributed by atoms with E-state index >= 15 is 0 Å². The lowest BCUT2D eigenvalue weighted by atomic mass is 10.1. The number of hydrogen-bond acceptors (Lipinski definition) is 5. The summed E-state index contributed by atoms with van der Waals surface area (Å²) < 4.78 is 25.0. The lowest BCUT2D eigenvalue weighted by Crippen LogP contribution is -2.22. The smallest absolute Gasteiger partial charge is 0.249 e. The van der Waals surface area contributed by atoms with Crippen LogP contribution in [0.4, 0.5) is 0 Å². The van der Waals surface area contributed by atoms with Gasteiger partial charge in [-0.2, -0.15) is 0 Å². The summed E-state index contributed by atoms with van der Waals surface area (Å²) in [4.78, 5) is 27.4. The molecule has 3 aromatic carbocycles. The Labute approximate surface area is 180 Å². The highest BCUT2D eigenvalue weighted by molar-refractivity contribution is 8.01. The molecule has 0 radical (unpaired) electrons. The van der Waals surface area contributed by atoms with Crippen LogP contribution in [0.15, 0.2) is 66.7 Å². The maximum Gasteiger partial charge on any atom is 0.249 e. The van der Waals surface area contributed by atoms with Crippen molar-refractivity contribution in [2.45, 2.75) is 6.92 Å². The average molecular weight is 443 g/mol. The second-order valence-electron chi connectivity index (χ2n) is 6.52. The summed E-state index contributed by atoms with van der Waals surface area (Å²) in [5.41, 5.74) is -1.15. The second-order valence-corrected chi connectivity index (χ2v) is 9.48. The van der Waals surface area contributed by atoms with E-state index in [1.165, 1.54) is 32.4 Å². The van der Waals surface area contributed by atoms with Gasteiger partial charge >= 0.3 is 0 Å². The number of hydrogen-bond donors (Lipinski definition) is 0. The summed E-state index contributed by atoms with van der Waals surface area (Å²) in [5, 5.41) is 0.253. The Morgan fingerprint density at radius 1 is 0.767 bits per heavy atom. The van der Waals surface area contributed by atoms with Crippen LogP contribution in [0.1, 0.15) is 26.3 Å². The van der Waals surface area contributed by atoms with Gasteiger partial charge in [0.05, 0.1) is 19.2 Å². The highest BCUT2D eigenvalue weighted by Gasteiger charge is 2.46. The van der Waals surface area contributed by atoms with Crippen LogP contribution in [0.2, 0.25) is 5.02 Å². The number of carbonyl (C=O) groups excluding carboxylic acids is 2. The highest BCUT2D eigenvalue weighted by atomic mass is 35.5. The first-order chi connectivity index (χ1) is 14.4. The van der Waals surface area contributed by atoms with Crippen molar-refractivity contribution in [3.63, 3.8) is 0 Å². The van der Waals surface area contributed by atoms with Crippen molar-refractivity contribution >= 4 is 35.1 Å². The SMILES string of the molecule is COc1cccc(OC)c1C(=O)P(=O)(C(=O)c1c(C)cccc1Cl)c1ccccc1. The molecule has 0 bridgehead atoms. The van der Waals surface area contributed by atoms with E-state index in [9.17, 15) is 14.2 Å². The molecule has 0 aliphatic rings. The van der Waals surface area contributed by atoms with Gasteiger partial charge in [-0.15, -0.1) is 0 Å². The van der Waals surface area contributed by atoms with Gasteiger partial charge in [0, 0.05) is 10.9 Å². The van der Waals surface area contributed by atoms with E-state index in [1.54, 1.807) is 55.5 Å². The fourth-order valence-corrected chi connectivity index (χ4v) is 6.01. The van der Waals surface area contributed by atoms with Gasteiger partial charge in [0.15, 0.2) is 0 Å². The molecule has 0 saturated heterocycles. The Kier molecular flexibility index (Phi) is 6.45. The van der Waals surface area contributed by atoms with Crippen LogP contribution in [0.5, 0.6) is 11.5 Å². The van der Waals surface area contributed by atoms with Gasteiger partial charge in [-0.05, 0) is 30.7 Å². The molecular weight excluding hydrogens is 423 g/mol. The second kappa shape index (κ2) is 8.86. The molecule has 3 aromatic rings. The Morgan fingerprint density at radius 3 is 1.83 bits per heavy atom. The lowest BCUT2D eigenvalue weighted by molar-refractivity contribution is 0.103. The van der Waals surface area contributed by atoms with Crippen molar-refractivity contribution in [1.29, 1.82) is 0 Å². The van der Waals surface area contributed by atoms with Crippen LogP contribution in [-0.4, -0.2) is 25.3 Å². The van der Waals surface area contributed by atoms with E-state index in [2.05, 4.69) is 0 Å². The van der Waals surface area contributed by atoms with Crippen molar-refractivity contribution in [3.05, 3.63) is 88.4 Å². The third-order valence-electron chi connectivity index (χ3n) is 4.77. The minimum atomic E-state index is -4.35. The van der Waals surface area contributed by atoms with Crippen LogP contribution in [0, 0.1) is 6.92 Å². The van der Waals surface area contributed by atoms with E-state index < -0.39 is 18.2 Å². The molecule has 30 heavy (non-hydrogen) atoms. The van der Waals surface area contributed by atoms with Gasteiger partial charge in [-0.25, -0.2) is 0 Å². The van der Waals surface area contributed by atoms with Crippen LogP contribution in [0.25, 0.3) is 0 Å². The van der Waals surface area contributed by atoms with Crippen molar-refractivity contribution in [2.24, 2.45) is 0 Å². The highest BCUT2D eigenvalue weighted by Crippen LogP contribution is 2.54. The summed E-state index contributed by atoms with van der Waals surface area (Å²) >= 11 is 6.28. The molecule has 0 fully saturated rings. The molecule has 7 heteroatoms. The maximum atomic E-state index is 14.4. The third kappa shape index (κ3) is 3.67. The zero-order chi connectivity index (χ0) is 21.9. The quantitative estimate of drug-likeness (QED) is 0.462. The standard InChI is InChI=1S/C23H20ClO5P/c1-15-9-7-12-17(24)20(15)22(25)30(27,16-10-5-4-6-11-16)23(26)21-18(28-2)13-8-14-19(21)29-3/h4-14H,1-3H3. The largest absolute Gasteiger partial charge is 0.496 e. The number of ether oxygens (including phenoxy) is 2. The summed E-state index contributed by atoms with van der Waals surface area (Å²) in [5.74, 6) is 0.332. The zero-order valence-electron chi connectivity index (χ0n) is 16.7. The molecule has 0 saturated carbocycles. The third-order valence-corrected chi connectivity index (χ3v) is 7.70. The summed E-state index contributed by atoms with van der Waals surface area (Å²) in [6.45, 7) is 1.68. The number of rotatable bonds is 7. The van der Waals surface area contributed by atoms with E-state index in [0.29, 0.717) is 5.56 Å². The number of benzene rings is 3. The lowest BCUT2D eigenvalue weighted by Gasteiger charge is -2.20. The molecule has 0 aromatic heterocycles. The Balaban J connectivity index is 2.32. The van der Waals surface area contributed by atoms with Crippen molar-refractivity contribution in [1.82, 2.24) is 0 Å². The molecular formula is C23H20ClO5P. The molecule has 0 N–H and O–H groups in total. The number of halogens is 1. The monoisotopic (exact) mass is 442 g/mol. The first kappa shape index (κ1) is 21.8. The van der Waals surface area contributed by atoms with Crippen LogP contribution < -0.4 is 14.8 Å². The van der Waals surface area contributed by atoms with Crippen molar-refractivity contribution in [2.75, 3.05) is 14.2 Å². The van der Waals surface area contributed by atoms with Crippen LogP contribution in [0.3, 0.4) is 0 Å². The minimum absolute atomic E-state index is 0.0484. The van der Waals surface area contributed by atoms with E-state index in [0.717, 1.165) is 0 Å². The van der Waals surface area contributed by atoms with Gasteiger partial charge in [0.1, 0.15) is 17.1 Å². The minimum Gasteiger partial charge on any atom is -0.496 e. The summed E-state index contributed by atoms with van der Waals surface area (Å²) in [6.07, 6.45) is 0. The van der Waals surface area contributed by atoms with Crippen LogP contribution in [-0.2, 0) is 4.57 Å². The molecule has 0 aliphatic heterocycles.